The molecule has 0 aliphatic carbocycles. The largest absolute Gasteiger partial charge is 0.380 e. The normalized spacial score (nSPS) is 11.5. The maximum atomic E-state index is 11.1. The lowest BCUT2D eigenvalue weighted by molar-refractivity contribution is -0.114. The molecule has 0 atom stereocenters. The Morgan fingerprint density at radius 2 is 2.04 bits per heavy atom. The maximum Gasteiger partial charge on any atom is 0.221 e. The number of anilines is 1. The molecular formula is C19H32N4O2. The molecule has 0 unspecified atom stereocenters. The molecule has 0 aromatic heterocycles. The number of nitrogens with zero attached hydrogens (tertiary/aromatic N) is 1. The average molecular weight is 348 g/mol. The highest BCUT2D eigenvalue weighted by Crippen LogP contribution is 2.11. The highest BCUT2D eigenvalue weighted by Gasteiger charge is 2.00. The second kappa shape index (κ2) is 12.3. The molecule has 6 nitrogen and oxygen atoms in total. The van der Waals surface area contributed by atoms with Crippen molar-refractivity contribution in [2.24, 2.45) is 10.9 Å². The molecule has 1 aromatic rings. The zero-order valence-electron chi connectivity index (χ0n) is 15.9. The molecule has 1 aromatic carbocycles. The first-order valence-electron chi connectivity index (χ1n) is 8.97. The minimum Gasteiger partial charge on any atom is -0.380 e. The Morgan fingerprint density at radius 1 is 1.24 bits per heavy atom. The Kier molecular flexibility index (Phi) is 10.3. The minimum absolute atomic E-state index is 0.0758. The number of guanidine groups is 1. The van der Waals surface area contributed by atoms with Gasteiger partial charge in [0.1, 0.15) is 0 Å². The van der Waals surface area contributed by atoms with Crippen molar-refractivity contribution in [3.63, 3.8) is 0 Å². The lowest BCUT2D eigenvalue weighted by atomic mass is 10.1. The SMILES string of the molecule is CCNC(=NCc1cccc(NC(C)=O)c1)NCCOCCC(C)C. The molecule has 0 aliphatic heterocycles. The van der Waals surface area contributed by atoms with Crippen LogP contribution in [0.4, 0.5) is 5.69 Å². The molecule has 3 N–H and O–H groups in total. The van der Waals surface area contributed by atoms with Crippen molar-refractivity contribution in [3.05, 3.63) is 29.8 Å². The van der Waals surface area contributed by atoms with E-state index in [1.165, 1.54) is 6.92 Å². The maximum absolute atomic E-state index is 11.1. The van der Waals surface area contributed by atoms with E-state index in [-0.39, 0.29) is 5.91 Å². The molecule has 0 bridgehead atoms. The highest BCUT2D eigenvalue weighted by atomic mass is 16.5. The standard InChI is InChI=1S/C19H32N4O2/c1-5-20-19(21-10-12-25-11-9-15(2)3)22-14-17-7-6-8-18(13-17)23-16(4)24/h6-8,13,15H,5,9-12,14H2,1-4H3,(H,23,24)(H2,20,21,22). The predicted molar refractivity (Wildman–Crippen MR) is 104 cm³/mol. The molecule has 140 valence electrons. The van der Waals surface area contributed by atoms with Gasteiger partial charge in [0.25, 0.3) is 0 Å². The van der Waals surface area contributed by atoms with Crippen LogP contribution in [0.15, 0.2) is 29.3 Å². The third-order valence-corrected chi connectivity index (χ3v) is 3.39. The lowest BCUT2D eigenvalue weighted by Crippen LogP contribution is -2.39. The van der Waals surface area contributed by atoms with Gasteiger partial charge in [-0.15, -0.1) is 0 Å². The topological polar surface area (TPSA) is 74.8 Å². The quantitative estimate of drug-likeness (QED) is 0.345. The van der Waals surface area contributed by atoms with Crippen molar-refractivity contribution in [3.8, 4) is 0 Å². The summed E-state index contributed by atoms with van der Waals surface area (Å²) in [6.45, 7) is 11.4. The predicted octanol–water partition coefficient (Wildman–Crippen LogP) is 2.76. The van der Waals surface area contributed by atoms with Crippen molar-refractivity contribution in [2.45, 2.75) is 40.7 Å². The van der Waals surface area contributed by atoms with E-state index in [9.17, 15) is 4.79 Å². The number of amides is 1. The van der Waals surface area contributed by atoms with Gasteiger partial charge in [-0.25, -0.2) is 4.99 Å². The Balaban J connectivity index is 2.45. The van der Waals surface area contributed by atoms with Gasteiger partial charge in [-0.2, -0.15) is 0 Å². The number of hydrogen-bond donors (Lipinski definition) is 3. The van der Waals surface area contributed by atoms with Crippen molar-refractivity contribution in [1.29, 1.82) is 0 Å². The summed E-state index contributed by atoms with van der Waals surface area (Å²) >= 11 is 0. The fourth-order valence-electron chi connectivity index (χ4n) is 2.13. The van der Waals surface area contributed by atoms with Crippen LogP contribution in [0.2, 0.25) is 0 Å². The highest BCUT2D eigenvalue weighted by molar-refractivity contribution is 5.88. The van der Waals surface area contributed by atoms with Gasteiger partial charge in [0.05, 0.1) is 13.2 Å². The fourth-order valence-corrected chi connectivity index (χ4v) is 2.13. The number of ether oxygens (including phenoxy) is 1. The second-order valence-electron chi connectivity index (χ2n) is 6.30. The molecule has 0 spiro atoms. The molecule has 0 radical (unpaired) electrons. The second-order valence-corrected chi connectivity index (χ2v) is 6.30. The van der Waals surface area contributed by atoms with Crippen LogP contribution in [-0.2, 0) is 16.1 Å². The van der Waals surface area contributed by atoms with E-state index in [2.05, 4.69) is 34.8 Å². The summed E-state index contributed by atoms with van der Waals surface area (Å²) in [5.74, 6) is 1.35. The van der Waals surface area contributed by atoms with Gasteiger partial charge in [0, 0.05) is 32.3 Å². The van der Waals surface area contributed by atoms with Crippen molar-refractivity contribution in [2.75, 3.05) is 31.6 Å². The number of aliphatic imine (C=N–C) groups is 1. The first-order chi connectivity index (χ1) is 12.0. The van der Waals surface area contributed by atoms with Gasteiger partial charge in [0.15, 0.2) is 5.96 Å². The van der Waals surface area contributed by atoms with Crippen molar-refractivity contribution >= 4 is 17.6 Å². The molecular weight excluding hydrogens is 316 g/mol. The van der Waals surface area contributed by atoms with Gasteiger partial charge in [-0.3, -0.25) is 4.79 Å². The fraction of sp³-hybridized carbons (Fsp3) is 0.579. The van der Waals surface area contributed by atoms with Crippen LogP contribution in [0.25, 0.3) is 0 Å². The van der Waals surface area contributed by atoms with E-state index in [1.807, 2.05) is 31.2 Å². The number of carbonyl (C=O) groups excluding carboxylic acids is 1. The Morgan fingerprint density at radius 3 is 2.72 bits per heavy atom. The average Bonchev–Trinajstić information content (AvgIpc) is 2.55. The third-order valence-electron chi connectivity index (χ3n) is 3.39. The summed E-state index contributed by atoms with van der Waals surface area (Å²) in [6.07, 6.45) is 1.08. The molecule has 0 aliphatic rings. The first kappa shape index (κ1) is 21.0. The molecule has 0 saturated carbocycles. The molecule has 0 heterocycles. The van der Waals surface area contributed by atoms with Crippen LogP contribution in [-0.4, -0.2) is 38.2 Å². The smallest absolute Gasteiger partial charge is 0.221 e. The van der Waals surface area contributed by atoms with E-state index < -0.39 is 0 Å². The van der Waals surface area contributed by atoms with Gasteiger partial charge < -0.3 is 20.7 Å². The van der Waals surface area contributed by atoms with Crippen molar-refractivity contribution in [1.82, 2.24) is 10.6 Å². The Labute approximate surface area is 151 Å². The van der Waals surface area contributed by atoms with Gasteiger partial charge in [-0.05, 0) is 37.0 Å². The van der Waals surface area contributed by atoms with Crippen LogP contribution >= 0.6 is 0 Å². The summed E-state index contributed by atoms with van der Waals surface area (Å²) in [6, 6.07) is 7.71. The summed E-state index contributed by atoms with van der Waals surface area (Å²) in [5, 5.41) is 9.28. The molecule has 0 fully saturated rings. The minimum atomic E-state index is -0.0758. The number of hydrogen-bond acceptors (Lipinski definition) is 3. The Hall–Kier alpha value is -2.08. The van der Waals surface area contributed by atoms with Crippen LogP contribution in [0.5, 0.6) is 0 Å². The first-order valence-corrected chi connectivity index (χ1v) is 8.97. The van der Waals surface area contributed by atoms with Crippen LogP contribution in [0.3, 0.4) is 0 Å². The molecule has 1 amide bonds. The van der Waals surface area contributed by atoms with E-state index in [0.29, 0.717) is 19.1 Å². The summed E-state index contributed by atoms with van der Waals surface area (Å²) in [5.41, 5.74) is 1.83. The number of rotatable bonds is 10. The lowest BCUT2D eigenvalue weighted by Gasteiger charge is -2.12. The van der Waals surface area contributed by atoms with Crippen LogP contribution < -0.4 is 16.0 Å². The molecule has 0 saturated heterocycles. The zero-order chi connectivity index (χ0) is 18.5. The summed E-state index contributed by atoms with van der Waals surface area (Å²) in [4.78, 5) is 15.7. The molecule has 1 rings (SSSR count). The van der Waals surface area contributed by atoms with Crippen LogP contribution in [0.1, 0.15) is 39.7 Å². The van der Waals surface area contributed by atoms with Gasteiger partial charge >= 0.3 is 0 Å². The van der Waals surface area contributed by atoms with Crippen LogP contribution in [0, 0.1) is 5.92 Å². The zero-order valence-corrected chi connectivity index (χ0v) is 15.9. The van der Waals surface area contributed by atoms with E-state index in [1.54, 1.807) is 0 Å². The Bertz CT molecular complexity index is 544. The van der Waals surface area contributed by atoms with E-state index in [0.717, 1.165) is 43.3 Å². The third kappa shape index (κ3) is 10.4. The van der Waals surface area contributed by atoms with E-state index in [4.69, 9.17) is 4.74 Å². The van der Waals surface area contributed by atoms with E-state index >= 15 is 0 Å². The van der Waals surface area contributed by atoms with Gasteiger partial charge in [0.2, 0.25) is 5.91 Å². The summed E-state index contributed by atoms with van der Waals surface area (Å²) in [7, 11) is 0. The molecule has 6 heteroatoms. The number of carbonyl (C=O) groups is 1. The monoisotopic (exact) mass is 348 g/mol. The number of benzene rings is 1. The summed E-state index contributed by atoms with van der Waals surface area (Å²) < 4.78 is 5.60. The van der Waals surface area contributed by atoms with Gasteiger partial charge in [-0.1, -0.05) is 26.0 Å². The van der Waals surface area contributed by atoms with Crippen molar-refractivity contribution < 1.29 is 9.53 Å². The molecule has 25 heavy (non-hydrogen) atoms. The number of nitrogens with one attached hydrogen (secondary N) is 3.